The Balaban J connectivity index is 2.15. The van der Waals surface area contributed by atoms with E-state index in [0.29, 0.717) is 25.2 Å². The second kappa shape index (κ2) is 14.4. The van der Waals surface area contributed by atoms with Crippen LogP contribution in [0.15, 0.2) is 12.2 Å². The lowest BCUT2D eigenvalue weighted by Gasteiger charge is -2.31. The maximum atomic E-state index is 12.7. The average Bonchev–Trinajstić information content (AvgIpc) is 3.09. The Morgan fingerprint density at radius 2 is 1.82 bits per heavy atom. The van der Waals surface area contributed by atoms with E-state index in [2.05, 4.69) is 27.4 Å². The molecule has 0 unspecified atom stereocenters. The zero-order valence-electron chi connectivity index (χ0n) is 21.6. The van der Waals surface area contributed by atoms with Gasteiger partial charge < -0.3 is 24.1 Å². The van der Waals surface area contributed by atoms with Crippen molar-refractivity contribution < 1.29 is 28.8 Å². The first-order valence-electron chi connectivity index (χ1n) is 13.1. The third kappa shape index (κ3) is 9.31. The van der Waals surface area contributed by atoms with Gasteiger partial charge in [0.15, 0.2) is 0 Å². The molecular weight excluding hydrogens is 420 g/mol. The lowest BCUT2D eigenvalue weighted by Crippen LogP contribution is -2.38. The molecule has 0 aromatic rings. The van der Waals surface area contributed by atoms with Crippen molar-refractivity contribution >= 4 is 5.97 Å². The summed E-state index contributed by atoms with van der Waals surface area (Å²) in [7, 11) is 1.59. The zero-order chi connectivity index (χ0) is 24.4. The minimum absolute atomic E-state index is 0.0470. The first kappa shape index (κ1) is 28.3. The molecule has 2 fully saturated rings. The van der Waals surface area contributed by atoms with E-state index >= 15 is 0 Å². The molecular formula is C27H48O6. The van der Waals surface area contributed by atoms with Gasteiger partial charge in [-0.05, 0) is 43.9 Å². The maximum absolute atomic E-state index is 12.7. The molecule has 0 aromatic carbocycles. The number of hydrogen-bond acceptors (Lipinski definition) is 6. The molecule has 0 aliphatic carbocycles. The fourth-order valence-corrected chi connectivity index (χ4v) is 5.41. The highest BCUT2D eigenvalue weighted by molar-refractivity contribution is 5.72. The predicted octanol–water partition coefficient (Wildman–Crippen LogP) is 5.41. The normalized spacial score (nSPS) is 37.9. The number of cyclic esters (lactones) is 1. The quantitative estimate of drug-likeness (QED) is 0.330. The van der Waals surface area contributed by atoms with E-state index in [0.717, 1.165) is 50.5 Å². The number of carbonyl (C=O) groups excluding carboxylic acids is 1. The summed E-state index contributed by atoms with van der Waals surface area (Å²) in [5.41, 5.74) is 1.02. The predicted molar refractivity (Wildman–Crippen MR) is 130 cm³/mol. The topological polar surface area (TPSA) is 74.2 Å². The number of aliphatic hydroxyl groups is 1. The van der Waals surface area contributed by atoms with Crippen molar-refractivity contribution in [2.24, 2.45) is 17.8 Å². The van der Waals surface area contributed by atoms with E-state index in [1.807, 2.05) is 6.92 Å². The molecule has 6 heteroatoms. The van der Waals surface area contributed by atoms with Crippen LogP contribution in [0.1, 0.15) is 91.9 Å². The Kier molecular flexibility index (Phi) is 12.4. The minimum atomic E-state index is -0.636. The number of ether oxygens (including phenoxy) is 4. The number of carbonyl (C=O) groups is 1. The Morgan fingerprint density at radius 3 is 2.52 bits per heavy atom. The Bertz CT molecular complexity index is 593. The molecule has 33 heavy (non-hydrogen) atoms. The largest absolute Gasteiger partial charge is 0.462 e. The number of hydrogen-bond donors (Lipinski definition) is 1. The summed E-state index contributed by atoms with van der Waals surface area (Å²) in [6, 6.07) is 0. The fourth-order valence-electron chi connectivity index (χ4n) is 5.41. The van der Waals surface area contributed by atoms with Gasteiger partial charge in [0, 0.05) is 20.0 Å². The number of fused-ring (bicyclic) bond motifs is 2. The number of rotatable bonds is 5. The lowest BCUT2D eigenvalue weighted by molar-refractivity contribution is -0.154. The molecule has 6 nitrogen and oxygen atoms in total. The fraction of sp³-hybridized carbons (Fsp3) is 0.889. The number of methoxy groups -OCH3 is 1. The molecule has 192 valence electrons. The summed E-state index contributed by atoms with van der Waals surface area (Å²) in [6.45, 7) is 12.8. The first-order chi connectivity index (χ1) is 15.7. The summed E-state index contributed by atoms with van der Waals surface area (Å²) in [4.78, 5) is 12.7. The van der Waals surface area contributed by atoms with Gasteiger partial charge in [-0.1, -0.05) is 59.1 Å². The van der Waals surface area contributed by atoms with E-state index in [-0.39, 0.29) is 49.0 Å². The van der Waals surface area contributed by atoms with E-state index < -0.39 is 6.10 Å². The van der Waals surface area contributed by atoms with Crippen LogP contribution in [-0.2, 0) is 23.7 Å². The zero-order valence-corrected chi connectivity index (χ0v) is 21.6. The summed E-state index contributed by atoms with van der Waals surface area (Å²) in [5, 5.41) is 11.1. The summed E-state index contributed by atoms with van der Waals surface area (Å²) < 4.78 is 23.3. The van der Waals surface area contributed by atoms with Crippen molar-refractivity contribution in [1.82, 2.24) is 0 Å². The smallest absolute Gasteiger partial charge is 0.308 e. The molecule has 2 heterocycles. The van der Waals surface area contributed by atoms with Crippen molar-refractivity contribution in [1.29, 1.82) is 0 Å². The molecule has 8 atom stereocenters. The highest BCUT2D eigenvalue weighted by Gasteiger charge is 2.36. The van der Waals surface area contributed by atoms with E-state index in [4.69, 9.17) is 18.9 Å². The van der Waals surface area contributed by atoms with Gasteiger partial charge in [-0.25, -0.2) is 0 Å². The molecule has 2 rings (SSSR count). The van der Waals surface area contributed by atoms with Crippen LogP contribution in [0.3, 0.4) is 0 Å². The molecule has 0 saturated carbocycles. The van der Waals surface area contributed by atoms with Gasteiger partial charge >= 0.3 is 5.97 Å². The summed E-state index contributed by atoms with van der Waals surface area (Å²) >= 11 is 0. The van der Waals surface area contributed by atoms with Gasteiger partial charge in [-0.2, -0.15) is 0 Å². The van der Waals surface area contributed by atoms with Gasteiger partial charge in [0.25, 0.3) is 0 Å². The van der Waals surface area contributed by atoms with Gasteiger partial charge in [0.1, 0.15) is 12.9 Å². The molecule has 0 spiro atoms. The van der Waals surface area contributed by atoms with E-state index in [1.54, 1.807) is 7.11 Å². The number of esters is 1. The lowest BCUT2D eigenvalue weighted by atomic mass is 9.88. The van der Waals surface area contributed by atoms with Crippen LogP contribution < -0.4 is 0 Å². The standard InChI is InChI=1S/C27H48O6/c1-7-10-22-14-18(2)13-21(5)26(31-17-30-6)24(28)16-23-15-20(4)25(32-23)12-9-8-11-19(3)27(29)33-22/h19-26,28H,2,7-17H2,1,3-6H3/t19-,20-,21+,22+,23+,24+,25-,26-/m0/s1. The van der Waals surface area contributed by atoms with Crippen LogP contribution in [0.2, 0.25) is 0 Å². The molecule has 1 N–H and O–H groups in total. The van der Waals surface area contributed by atoms with Crippen LogP contribution in [0.25, 0.3) is 0 Å². The Labute approximate surface area is 201 Å². The van der Waals surface area contributed by atoms with Crippen LogP contribution >= 0.6 is 0 Å². The van der Waals surface area contributed by atoms with Crippen LogP contribution in [0, 0.1) is 17.8 Å². The van der Waals surface area contributed by atoms with Crippen molar-refractivity contribution in [3.8, 4) is 0 Å². The van der Waals surface area contributed by atoms with E-state index in [1.165, 1.54) is 0 Å². The average molecular weight is 469 g/mol. The number of aliphatic hydroxyl groups excluding tert-OH is 1. The SMILES string of the molecule is C=C1C[C@@H](CCC)OC(=O)[C@@H](C)CCCC[C@@H]2O[C@@H](C[C@@H](O)[C@@H](OCOC)[C@H](C)C1)C[C@@H]2C. The summed E-state index contributed by atoms with van der Waals surface area (Å²) in [5.74, 6) is 0.329. The third-order valence-electron chi connectivity index (χ3n) is 7.26. The van der Waals surface area contributed by atoms with Gasteiger partial charge in [-0.3, -0.25) is 4.79 Å². The van der Waals surface area contributed by atoms with Gasteiger partial charge in [0.05, 0.1) is 30.3 Å². The first-order valence-corrected chi connectivity index (χ1v) is 13.1. The molecule has 2 aliphatic rings. The monoisotopic (exact) mass is 468 g/mol. The highest BCUT2D eigenvalue weighted by atomic mass is 16.7. The molecule has 0 amide bonds. The molecule has 2 aliphatic heterocycles. The maximum Gasteiger partial charge on any atom is 0.308 e. The molecule has 2 bridgehead atoms. The minimum Gasteiger partial charge on any atom is -0.462 e. The summed E-state index contributed by atoms with van der Waals surface area (Å²) in [6.07, 6.45) is 7.64. The van der Waals surface area contributed by atoms with Gasteiger partial charge in [0.2, 0.25) is 0 Å². The Hall–Kier alpha value is -0.950. The van der Waals surface area contributed by atoms with E-state index in [9.17, 15) is 9.90 Å². The van der Waals surface area contributed by atoms with Crippen molar-refractivity contribution in [3.63, 3.8) is 0 Å². The van der Waals surface area contributed by atoms with Crippen molar-refractivity contribution in [2.75, 3.05) is 13.9 Å². The molecule has 0 aromatic heterocycles. The van der Waals surface area contributed by atoms with Crippen LogP contribution in [0.4, 0.5) is 0 Å². The van der Waals surface area contributed by atoms with Crippen molar-refractivity contribution in [3.05, 3.63) is 12.2 Å². The molecule has 0 radical (unpaired) electrons. The second-order valence-corrected chi connectivity index (χ2v) is 10.5. The highest BCUT2D eigenvalue weighted by Crippen LogP contribution is 2.34. The Morgan fingerprint density at radius 1 is 1.09 bits per heavy atom. The van der Waals surface area contributed by atoms with Gasteiger partial charge in [-0.15, -0.1) is 0 Å². The third-order valence-corrected chi connectivity index (χ3v) is 7.26. The second-order valence-electron chi connectivity index (χ2n) is 10.5. The molecule has 2 saturated heterocycles. The van der Waals surface area contributed by atoms with Crippen molar-refractivity contribution in [2.45, 2.75) is 122 Å². The van der Waals surface area contributed by atoms with Crippen LogP contribution in [0.5, 0.6) is 0 Å². The van der Waals surface area contributed by atoms with Crippen LogP contribution in [-0.4, -0.2) is 55.5 Å².